The van der Waals surface area contributed by atoms with Gasteiger partial charge in [-0.1, -0.05) is 43.8 Å². The van der Waals surface area contributed by atoms with Gasteiger partial charge in [-0.3, -0.25) is 0 Å². The summed E-state index contributed by atoms with van der Waals surface area (Å²) in [6.45, 7) is 7.34. The van der Waals surface area contributed by atoms with Crippen LogP contribution in [0.15, 0.2) is 36.9 Å². The molecule has 1 heteroatoms. The van der Waals surface area contributed by atoms with Crippen molar-refractivity contribution in [3.63, 3.8) is 0 Å². The summed E-state index contributed by atoms with van der Waals surface area (Å²) in [5.41, 5.74) is 2.44. The van der Waals surface area contributed by atoms with Crippen molar-refractivity contribution in [2.24, 2.45) is 5.92 Å². The van der Waals surface area contributed by atoms with Crippen molar-refractivity contribution >= 4 is 5.57 Å². The normalized spacial score (nSPS) is 24.6. The minimum absolute atomic E-state index is 0.723. The van der Waals surface area contributed by atoms with Crippen molar-refractivity contribution in [3.05, 3.63) is 42.5 Å². The van der Waals surface area contributed by atoms with Crippen LogP contribution >= 0.6 is 0 Å². The smallest absolute Gasteiger partial charge is 0.0208 e. The van der Waals surface area contributed by atoms with E-state index in [0.29, 0.717) is 0 Å². The van der Waals surface area contributed by atoms with Crippen molar-refractivity contribution in [1.29, 1.82) is 0 Å². The van der Waals surface area contributed by atoms with Gasteiger partial charge in [0.05, 0.1) is 0 Å². The maximum absolute atomic E-state index is 4.11. The third-order valence-corrected chi connectivity index (χ3v) is 3.16. The van der Waals surface area contributed by atoms with Crippen LogP contribution in [-0.4, -0.2) is 12.6 Å². The molecule has 1 aliphatic rings. The average molecular weight is 201 g/mol. The van der Waals surface area contributed by atoms with Crippen LogP contribution in [0.5, 0.6) is 0 Å². The van der Waals surface area contributed by atoms with E-state index in [9.17, 15) is 0 Å². The van der Waals surface area contributed by atoms with Gasteiger partial charge in [0, 0.05) is 12.6 Å². The van der Waals surface area contributed by atoms with Gasteiger partial charge in [0.1, 0.15) is 0 Å². The summed E-state index contributed by atoms with van der Waals surface area (Å²) >= 11 is 0. The Morgan fingerprint density at radius 3 is 2.60 bits per heavy atom. The second kappa shape index (κ2) is 4.63. The summed E-state index contributed by atoms with van der Waals surface area (Å²) in [6.07, 6.45) is 2.64. The summed E-state index contributed by atoms with van der Waals surface area (Å²) in [5, 5.41) is 3.55. The summed E-state index contributed by atoms with van der Waals surface area (Å²) in [4.78, 5) is 0. The van der Waals surface area contributed by atoms with E-state index >= 15 is 0 Å². The predicted octanol–water partition coefficient (Wildman–Crippen LogP) is 3.09. The fourth-order valence-corrected chi connectivity index (χ4v) is 2.11. The lowest BCUT2D eigenvalue weighted by Gasteiger charge is -2.33. The Labute approximate surface area is 92.2 Å². The summed E-state index contributed by atoms with van der Waals surface area (Å²) in [6, 6.07) is 11.1. The van der Waals surface area contributed by atoms with Crippen LogP contribution in [-0.2, 0) is 0 Å². The molecule has 0 atom stereocenters. The number of hydrogen-bond acceptors (Lipinski definition) is 1. The van der Waals surface area contributed by atoms with Gasteiger partial charge in [-0.15, -0.1) is 0 Å². The molecule has 0 spiro atoms. The number of hydrogen-bond donors (Lipinski definition) is 1. The topological polar surface area (TPSA) is 12.0 Å². The quantitative estimate of drug-likeness (QED) is 0.789. The Kier molecular flexibility index (Phi) is 3.22. The van der Waals surface area contributed by atoms with Gasteiger partial charge in [0.25, 0.3) is 0 Å². The maximum atomic E-state index is 4.11. The first-order chi connectivity index (χ1) is 7.25. The van der Waals surface area contributed by atoms with E-state index in [-0.39, 0.29) is 0 Å². The Hall–Kier alpha value is -1.08. The van der Waals surface area contributed by atoms with Crippen molar-refractivity contribution in [1.82, 2.24) is 5.32 Å². The Morgan fingerprint density at radius 2 is 2.00 bits per heavy atom. The Bertz CT molecular complexity index is 322. The van der Waals surface area contributed by atoms with E-state index in [1.807, 2.05) is 6.07 Å². The van der Waals surface area contributed by atoms with Crippen molar-refractivity contribution in [2.45, 2.75) is 25.8 Å². The third-order valence-electron chi connectivity index (χ3n) is 3.16. The third kappa shape index (κ3) is 2.69. The molecule has 0 saturated heterocycles. The summed E-state index contributed by atoms with van der Waals surface area (Å²) in [5.74, 6) is 0.910. The molecule has 80 valence electrons. The van der Waals surface area contributed by atoms with Crippen LogP contribution in [0.25, 0.3) is 5.57 Å². The van der Waals surface area contributed by atoms with E-state index in [2.05, 4.69) is 43.1 Å². The fourth-order valence-electron chi connectivity index (χ4n) is 2.11. The molecule has 0 amide bonds. The lowest BCUT2D eigenvalue weighted by Crippen LogP contribution is -2.40. The van der Waals surface area contributed by atoms with Gasteiger partial charge >= 0.3 is 0 Å². The second-order valence-electron chi connectivity index (χ2n) is 4.62. The highest BCUT2D eigenvalue weighted by Crippen LogP contribution is 2.26. The zero-order valence-electron chi connectivity index (χ0n) is 9.37. The van der Waals surface area contributed by atoms with Crippen molar-refractivity contribution < 1.29 is 0 Å². The zero-order chi connectivity index (χ0) is 10.7. The first kappa shape index (κ1) is 10.4. The lowest BCUT2D eigenvalue weighted by molar-refractivity contribution is 0.249. The van der Waals surface area contributed by atoms with Crippen LogP contribution in [0, 0.1) is 5.92 Å². The van der Waals surface area contributed by atoms with E-state index in [0.717, 1.165) is 18.5 Å². The second-order valence-corrected chi connectivity index (χ2v) is 4.62. The molecule has 1 aromatic rings. The van der Waals surface area contributed by atoms with Gasteiger partial charge in [0.15, 0.2) is 0 Å². The summed E-state index contributed by atoms with van der Waals surface area (Å²) < 4.78 is 0. The molecule has 1 N–H and O–H groups in total. The molecule has 1 saturated carbocycles. The lowest BCUT2D eigenvalue weighted by atomic mass is 9.82. The minimum atomic E-state index is 0.723. The molecular formula is C14H19N. The molecule has 0 aliphatic heterocycles. The first-order valence-corrected chi connectivity index (χ1v) is 5.72. The average Bonchev–Trinajstić information content (AvgIpc) is 2.23. The molecular weight excluding hydrogens is 182 g/mol. The zero-order valence-corrected chi connectivity index (χ0v) is 9.37. The largest absolute Gasteiger partial charge is 0.310 e. The van der Waals surface area contributed by atoms with Gasteiger partial charge < -0.3 is 5.32 Å². The van der Waals surface area contributed by atoms with E-state index in [1.54, 1.807) is 0 Å². The van der Waals surface area contributed by atoms with Crippen LogP contribution in [0.3, 0.4) is 0 Å². The highest BCUT2D eigenvalue weighted by molar-refractivity contribution is 5.64. The highest BCUT2D eigenvalue weighted by atomic mass is 14.9. The molecule has 0 radical (unpaired) electrons. The maximum Gasteiger partial charge on any atom is 0.0208 e. The van der Waals surface area contributed by atoms with Gasteiger partial charge in [0.2, 0.25) is 0 Å². The predicted molar refractivity (Wildman–Crippen MR) is 65.7 cm³/mol. The van der Waals surface area contributed by atoms with Crippen LogP contribution < -0.4 is 5.32 Å². The van der Waals surface area contributed by atoms with E-state index in [1.165, 1.54) is 24.0 Å². The van der Waals surface area contributed by atoms with Gasteiger partial charge in [-0.25, -0.2) is 0 Å². The standard InChI is InChI=1S/C14H19N/c1-11-8-14(9-11)15-10-12(2)13-6-4-3-5-7-13/h3-7,11,14-15H,2,8-10H2,1H3. The Morgan fingerprint density at radius 1 is 1.33 bits per heavy atom. The fraction of sp³-hybridized carbons (Fsp3) is 0.429. The number of nitrogens with one attached hydrogen (secondary N) is 1. The van der Waals surface area contributed by atoms with E-state index in [4.69, 9.17) is 0 Å². The SMILES string of the molecule is C=C(CNC1CC(C)C1)c1ccccc1. The van der Waals surface area contributed by atoms with Crippen molar-refractivity contribution in [2.75, 3.05) is 6.54 Å². The summed E-state index contributed by atoms with van der Waals surface area (Å²) in [7, 11) is 0. The molecule has 1 aliphatic carbocycles. The molecule has 1 nitrogen and oxygen atoms in total. The van der Waals surface area contributed by atoms with Gasteiger partial charge in [-0.05, 0) is 29.9 Å². The first-order valence-electron chi connectivity index (χ1n) is 5.72. The molecule has 0 bridgehead atoms. The van der Waals surface area contributed by atoms with Crippen molar-refractivity contribution in [3.8, 4) is 0 Å². The molecule has 0 aromatic heterocycles. The van der Waals surface area contributed by atoms with Crippen LogP contribution in [0.1, 0.15) is 25.3 Å². The molecule has 1 fully saturated rings. The molecule has 15 heavy (non-hydrogen) atoms. The highest BCUT2D eigenvalue weighted by Gasteiger charge is 2.24. The molecule has 1 aromatic carbocycles. The molecule has 0 heterocycles. The number of rotatable bonds is 4. The van der Waals surface area contributed by atoms with E-state index < -0.39 is 0 Å². The van der Waals surface area contributed by atoms with Gasteiger partial charge in [-0.2, -0.15) is 0 Å². The molecule has 0 unspecified atom stereocenters. The Balaban J connectivity index is 1.78. The van der Waals surface area contributed by atoms with Crippen LogP contribution in [0.4, 0.5) is 0 Å². The molecule has 2 rings (SSSR count). The van der Waals surface area contributed by atoms with Crippen LogP contribution in [0.2, 0.25) is 0 Å². The number of benzene rings is 1. The monoisotopic (exact) mass is 201 g/mol. The minimum Gasteiger partial charge on any atom is -0.310 e.